The van der Waals surface area contributed by atoms with Gasteiger partial charge in [-0.05, 0) is 38.1 Å². The van der Waals surface area contributed by atoms with Crippen LogP contribution in [0.4, 0.5) is 5.69 Å². The Morgan fingerprint density at radius 2 is 1.86 bits per heavy atom. The number of aryl methyl sites for hydroxylation is 2. The quantitative estimate of drug-likeness (QED) is 0.515. The van der Waals surface area contributed by atoms with Gasteiger partial charge >= 0.3 is 0 Å². The molecule has 4 aromatic rings. The van der Waals surface area contributed by atoms with Crippen molar-refractivity contribution in [1.82, 2.24) is 34.4 Å². The molecule has 0 spiro atoms. The highest BCUT2D eigenvalue weighted by atomic mass is 16.2. The third-order valence-electron chi connectivity index (χ3n) is 5.23. The zero-order chi connectivity index (χ0) is 20.0. The Morgan fingerprint density at radius 1 is 1.03 bits per heavy atom. The van der Waals surface area contributed by atoms with Crippen molar-refractivity contribution < 1.29 is 4.79 Å². The van der Waals surface area contributed by atoms with Crippen LogP contribution in [0.5, 0.6) is 0 Å². The summed E-state index contributed by atoms with van der Waals surface area (Å²) in [5.74, 6) is 0.504. The number of hydrogen-bond donors (Lipinski definition) is 0. The van der Waals surface area contributed by atoms with Gasteiger partial charge in [-0.1, -0.05) is 0 Å². The second kappa shape index (κ2) is 6.77. The number of carbonyl (C=O) groups excluding carboxylic acids is 1. The van der Waals surface area contributed by atoms with Gasteiger partial charge in [-0.2, -0.15) is 4.98 Å². The second-order valence-electron chi connectivity index (χ2n) is 7.23. The van der Waals surface area contributed by atoms with E-state index in [0.717, 1.165) is 41.1 Å². The summed E-state index contributed by atoms with van der Waals surface area (Å²) in [6.45, 7) is 6.55. The maximum absolute atomic E-state index is 12.9. The summed E-state index contributed by atoms with van der Waals surface area (Å²) >= 11 is 0. The smallest absolute Gasteiger partial charge is 0.293 e. The number of piperazine rings is 1. The van der Waals surface area contributed by atoms with Gasteiger partial charge in [0.1, 0.15) is 6.33 Å². The van der Waals surface area contributed by atoms with E-state index in [4.69, 9.17) is 0 Å². The molecule has 29 heavy (non-hydrogen) atoms. The summed E-state index contributed by atoms with van der Waals surface area (Å²) in [6, 6.07) is 8.08. The molecule has 0 N–H and O–H groups in total. The van der Waals surface area contributed by atoms with Crippen molar-refractivity contribution in [3.8, 4) is 0 Å². The molecular formula is C20H20N8O. The Hall–Kier alpha value is -3.62. The molecule has 9 heteroatoms. The summed E-state index contributed by atoms with van der Waals surface area (Å²) in [6.07, 6.45) is 3.37. The van der Waals surface area contributed by atoms with Crippen molar-refractivity contribution in [3.63, 3.8) is 0 Å². The van der Waals surface area contributed by atoms with Crippen molar-refractivity contribution >= 4 is 28.3 Å². The lowest BCUT2D eigenvalue weighted by Gasteiger charge is -2.35. The van der Waals surface area contributed by atoms with Gasteiger partial charge in [0.05, 0.1) is 5.52 Å². The van der Waals surface area contributed by atoms with Crippen LogP contribution in [0.25, 0.3) is 16.7 Å². The Morgan fingerprint density at radius 3 is 2.69 bits per heavy atom. The number of rotatable bonds is 2. The number of aromatic nitrogens is 6. The summed E-state index contributed by atoms with van der Waals surface area (Å²) in [5.41, 5.74) is 3.80. The fourth-order valence-electron chi connectivity index (χ4n) is 3.73. The van der Waals surface area contributed by atoms with E-state index in [1.54, 1.807) is 15.7 Å². The monoisotopic (exact) mass is 388 g/mol. The number of amides is 1. The molecular weight excluding hydrogens is 368 g/mol. The first-order valence-electron chi connectivity index (χ1n) is 9.53. The molecule has 3 aromatic heterocycles. The van der Waals surface area contributed by atoms with Crippen LogP contribution < -0.4 is 4.90 Å². The van der Waals surface area contributed by atoms with Crippen LogP contribution in [0.3, 0.4) is 0 Å². The van der Waals surface area contributed by atoms with E-state index in [1.807, 2.05) is 32.2 Å². The highest BCUT2D eigenvalue weighted by Gasteiger charge is 2.26. The minimum atomic E-state index is -0.154. The first-order valence-corrected chi connectivity index (χ1v) is 9.53. The van der Waals surface area contributed by atoms with Gasteiger partial charge in [-0.3, -0.25) is 4.79 Å². The van der Waals surface area contributed by atoms with E-state index in [-0.39, 0.29) is 11.7 Å². The molecule has 0 unspecified atom stereocenters. The van der Waals surface area contributed by atoms with E-state index in [1.165, 1.54) is 0 Å². The molecule has 0 aliphatic carbocycles. The first kappa shape index (κ1) is 17.5. The molecule has 5 rings (SSSR count). The van der Waals surface area contributed by atoms with E-state index in [0.29, 0.717) is 18.9 Å². The predicted molar refractivity (Wildman–Crippen MR) is 108 cm³/mol. The van der Waals surface area contributed by atoms with Gasteiger partial charge in [-0.15, -0.1) is 5.10 Å². The molecule has 1 aromatic carbocycles. The SMILES string of the molecule is Cc1cc(C)n2nc(C(=O)N3CCN(c4ccc5ncncc5c4)CC3)nc2n1. The average Bonchev–Trinajstić information content (AvgIpc) is 3.17. The topological polar surface area (TPSA) is 92.4 Å². The van der Waals surface area contributed by atoms with Gasteiger partial charge in [0.15, 0.2) is 0 Å². The fraction of sp³-hybridized carbons (Fsp3) is 0.300. The standard InChI is InChI=1S/C20H20N8O/c1-13-9-14(2)28-20(23-13)24-18(25-28)19(29)27-7-5-26(6-8-27)16-3-4-17-15(10-16)11-21-12-22-17/h3-4,9-12H,5-8H2,1-2H3. The fourth-order valence-corrected chi connectivity index (χ4v) is 3.73. The maximum Gasteiger partial charge on any atom is 0.293 e. The van der Waals surface area contributed by atoms with Gasteiger partial charge < -0.3 is 9.80 Å². The van der Waals surface area contributed by atoms with Crippen molar-refractivity contribution in [2.75, 3.05) is 31.1 Å². The largest absolute Gasteiger partial charge is 0.368 e. The minimum absolute atomic E-state index is 0.154. The molecule has 1 saturated heterocycles. The lowest BCUT2D eigenvalue weighted by molar-refractivity contribution is 0.0734. The summed E-state index contributed by atoms with van der Waals surface area (Å²) in [4.78, 5) is 34.0. The van der Waals surface area contributed by atoms with E-state index in [9.17, 15) is 4.79 Å². The highest BCUT2D eigenvalue weighted by Crippen LogP contribution is 2.22. The molecule has 1 aliphatic heterocycles. The number of fused-ring (bicyclic) bond motifs is 2. The molecule has 4 heterocycles. The van der Waals surface area contributed by atoms with Crippen molar-refractivity contribution in [2.45, 2.75) is 13.8 Å². The predicted octanol–water partition coefficient (Wildman–Crippen LogP) is 1.65. The van der Waals surface area contributed by atoms with Crippen LogP contribution >= 0.6 is 0 Å². The Kier molecular flexibility index (Phi) is 4.08. The number of carbonyl (C=O) groups is 1. The molecule has 0 atom stereocenters. The van der Waals surface area contributed by atoms with Crippen LogP contribution in [0.1, 0.15) is 22.0 Å². The average molecular weight is 388 g/mol. The second-order valence-corrected chi connectivity index (χ2v) is 7.23. The Labute approximate surface area is 167 Å². The van der Waals surface area contributed by atoms with Gasteiger partial charge in [0, 0.05) is 54.8 Å². The third kappa shape index (κ3) is 3.14. The van der Waals surface area contributed by atoms with Crippen LogP contribution in [-0.4, -0.2) is 66.5 Å². The number of anilines is 1. The molecule has 146 valence electrons. The van der Waals surface area contributed by atoms with Gasteiger partial charge in [0.2, 0.25) is 5.82 Å². The molecule has 9 nitrogen and oxygen atoms in total. The molecule has 1 fully saturated rings. The van der Waals surface area contributed by atoms with Gasteiger partial charge in [-0.25, -0.2) is 19.5 Å². The summed E-state index contributed by atoms with van der Waals surface area (Å²) in [5, 5.41) is 5.37. The maximum atomic E-state index is 12.9. The summed E-state index contributed by atoms with van der Waals surface area (Å²) < 4.78 is 1.62. The van der Waals surface area contributed by atoms with Crippen LogP contribution in [0, 0.1) is 13.8 Å². The Bertz CT molecular complexity index is 1230. The van der Waals surface area contributed by atoms with Gasteiger partial charge in [0.25, 0.3) is 11.7 Å². The van der Waals surface area contributed by atoms with E-state index >= 15 is 0 Å². The Balaban J connectivity index is 1.32. The van der Waals surface area contributed by atoms with Crippen LogP contribution in [-0.2, 0) is 0 Å². The van der Waals surface area contributed by atoms with Crippen LogP contribution in [0.2, 0.25) is 0 Å². The zero-order valence-electron chi connectivity index (χ0n) is 16.3. The van der Waals surface area contributed by atoms with Crippen molar-refractivity contribution in [2.24, 2.45) is 0 Å². The van der Waals surface area contributed by atoms with Crippen molar-refractivity contribution in [3.05, 3.63) is 54.0 Å². The molecule has 0 radical (unpaired) electrons. The molecule has 0 bridgehead atoms. The summed E-state index contributed by atoms with van der Waals surface area (Å²) in [7, 11) is 0. The van der Waals surface area contributed by atoms with E-state index < -0.39 is 0 Å². The third-order valence-corrected chi connectivity index (χ3v) is 5.23. The lowest BCUT2D eigenvalue weighted by Crippen LogP contribution is -2.49. The van der Waals surface area contributed by atoms with Crippen molar-refractivity contribution in [1.29, 1.82) is 0 Å². The minimum Gasteiger partial charge on any atom is -0.368 e. The lowest BCUT2D eigenvalue weighted by atomic mass is 10.2. The number of hydrogen-bond acceptors (Lipinski definition) is 7. The molecule has 1 aliphatic rings. The van der Waals surface area contributed by atoms with Crippen LogP contribution in [0.15, 0.2) is 36.8 Å². The normalized spacial score (nSPS) is 14.7. The number of nitrogens with zero attached hydrogens (tertiary/aromatic N) is 8. The molecule has 0 saturated carbocycles. The zero-order valence-corrected chi connectivity index (χ0v) is 16.3. The number of benzene rings is 1. The highest BCUT2D eigenvalue weighted by molar-refractivity contribution is 5.91. The first-order chi connectivity index (χ1) is 14.1. The van der Waals surface area contributed by atoms with E-state index in [2.05, 4.69) is 42.1 Å². The molecule has 1 amide bonds.